The highest BCUT2D eigenvalue weighted by molar-refractivity contribution is 8.07. The molecule has 4 heteroatoms. The predicted molar refractivity (Wildman–Crippen MR) is 77.9 cm³/mol. The van der Waals surface area contributed by atoms with Crippen LogP contribution >= 0.6 is 23.5 Å². The maximum atomic E-state index is 5.70. The lowest BCUT2D eigenvalue weighted by atomic mass is 10.0. The molecule has 0 bridgehead atoms. The molecule has 0 aromatic heterocycles. The van der Waals surface area contributed by atoms with Gasteiger partial charge in [0.25, 0.3) is 0 Å². The number of rotatable bonds is 7. The lowest BCUT2D eigenvalue weighted by Crippen LogP contribution is -2.48. The zero-order valence-electron chi connectivity index (χ0n) is 10.2. The average molecular weight is 260 g/mol. The first kappa shape index (κ1) is 14.4. The number of hydrazine groups is 1. The Labute approximate surface area is 108 Å². The van der Waals surface area contributed by atoms with Gasteiger partial charge >= 0.3 is 0 Å². The maximum absolute atomic E-state index is 5.70. The number of hydrogen-bond donors (Lipinski definition) is 2. The highest BCUT2D eigenvalue weighted by Gasteiger charge is 2.30. The molecule has 0 aromatic carbocycles. The van der Waals surface area contributed by atoms with Gasteiger partial charge in [-0.25, -0.2) is 0 Å². The molecule has 16 heavy (non-hydrogen) atoms. The fourth-order valence-corrected chi connectivity index (χ4v) is 5.42. The molecule has 1 aliphatic heterocycles. The highest BCUT2D eigenvalue weighted by atomic mass is 32.2. The van der Waals surface area contributed by atoms with E-state index in [1.54, 1.807) is 0 Å². The smallest absolute Gasteiger partial charge is 0.0340 e. The molecule has 0 aromatic rings. The van der Waals surface area contributed by atoms with Crippen LogP contribution in [0, 0.1) is 0 Å². The van der Waals surface area contributed by atoms with Crippen LogP contribution in [0.25, 0.3) is 0 Å². The second-order valence-electron chi connectivity index (χ2n) is 4.15. The van der Waals surface area contributed by atoms with E-state index in [1.807, 2.05) is 6.08 Å². The molecule has 1 rings (SSSR count). The molecule has 1 aliphatic rings. The number of nitrogens with two attached hydrogens (primary N) is 1. The van der Waals surface area contributed by atoms with Crippen molar-refractivity contribution in [1.82, 2.24) is 5.43 Å². The van der Waals surface area contributed by atoms with Crippen LogP contribution in [0.5, 0.6) is 0 Å². The Kier molecular flexibility index (Phi) is 7.62. The quantitative estimate of drug-likeness (QED) is 0.319. The molecular weight excluding hydrogens is 236 g/mol. The first-order chi connectivity index (χ1) is 7.83. The van der Waals surface area contributed by atoms with Crippen LogP contribution in [-0.2, 0) is 0 Å². The number of unbranched alkanes of at least 4 members (excludes halogenated alkanes) is 1. The standard InChI is InChI=1S/C12H24N2S2/c1-3-5-6-7-10(14-13)12-11(4-2)15-8-9-16-12/h3,10-12,14H,1,4-9,13H2,2H3. The van der Waals surface area contributed by atoms with Gasteiger partial charge in [0.1, 0.15) is 0 Å². The number of allylic oxidation sites excluding steroid dienone is 1. The summed E-state index contributed by atoms with van der Waals surface area (Å²) >= 11 is 4.22. The molecule has 1 fully saturated rings. The SMILES string of the molecule is C=CCCCC(NN)C1SCCSC1CC. The molecule has 0 radical (unpaired) electrons. The summed E-state index contributed by atoms with van der Waals surface area (Å²) in [4.78, 5) is 0. The Balaban J connectivity index is 2.44. The van der Waals surface area contributed by atoms with Gasteiger partial charge in [0.2, 0.25) is 0 Å². The number of nitrogens with one attached hydrogen (secondary N) is 1. The van der Waals surface area contributed by atoms with Crippen LogP contribution in [0.1, 0.15) is 32.6 Å². The second-order valence-corrected chi connectivity index (χ2v) is 6.78. The lowest BCUT2D eigenvalue weighted by molar-refractivity contribution is 0.454. The van der Waals surface area contributed by atoms with E-state index >= 15 is 0 Å². The van der Waals surface area contributed by atoms with Gasteiger partial charge in [0.15, 0.2) is 0 Å². The summed E-state index contributed by atoms with van der Waals surface area (Å²) in [6.45, 7) is 6.05. The Morgan fingerprint density at radius 1 is 1.50 bits per heavy atom. The largest absolute Gasteiger partial charge is 0.271 e. The molecule has 1 heterocycles. The number of thioether (sulfide) groups is 2. The normalized spacial score (nSPS) is 27.6. The third-order valence-corrected chi connectivity index (χ3v) is 6.44. The van der Waals surface area contributed by atoms with Crippen molar-refractivity contribution in [2.75, 3.05) is 11.5 Å². The summed E-state index contributed by atoms with van der Waals surface area (Å²) in [7, 11) is 0. The lowest BCUT2D eigenvalue weighted by Gasteiger charge is -2.35. The second kappa shape index (κ2) is 8.45. The fraction of sp³-hybridized carbons (Fsp3) is 0.833. The summed E-state index contributed by atoms with van der Waals surface area (Å²) in [5.41, 5.74) is 3.03. The Morgan fingerprint density at radius 2 is 2.25 bits per heavy atom. The molecular formula is C12H24N2S2. The monoisotopic (exact) mass is 260 g/mol. The molecule has 0 saturated carbocycles. The van der Waals surface area contributed by atoms with Crippen LogP contribution in [-0.4, -0.2) is 28.0 Å². The zero-order chi connectivity index (χ0) is 11.8. The van der Waals surface area contributed by atoms with E-state index in [2.05, 4.69) is 42.5 Å². The molecule has 94 valence electrons. The van der Waals surface area contributed by atoms with Crippen LogP contribution < -0.4 is 11.3 Å². The van der Waals surface area contributed by atoms with E-state index < -0.39 is 0 Å². The van der Waals surface area contributed by atoms with Gasteiger partial charge < -0.3 is 0 Å². The van der Waals surface area contributed by atoms with E-state index in [4.69, 9.17) is 5.84 Å². The predicted octanol–water partition coefficient (Wildman–Crippen LogP) is 2.80. The maximum Gasteiger partial charge on any atom is 0.0340 e. The van der Waals surface area contributed by atoms with Crippen LogP contribution in [0.15, 0.2) is 12.7 Å². The summed E-state index contributed by atoms with van der Waals surface area (Å²) in [6.07, 6.45) is 6.70. The summed E-state index contributed by atoms with van der Waals surface area (Å²) < 4.78 is 0. The van der Waals surface area contributed by atoms with Gasteiger partial charge in [0, 0.05) is 28.0 Å². The Bertz CT molecular complexity index is 199. The Morgan fingerprint density at radius 3 is 2.88 bits per heavy atom. The van der Waals surface area contributed by atoms with Gasteiger partial charge in [-0.1, -0.05) is 13.0 Å². The first-order valence-electron chi connectivity index (χ1n) is 6.13. The van der Waals surface area contributed by atoms with E-state index in [-0.39, 0.29) is 0 Å². The summed E-state index contributed by atoms with van der Waals surface area (Å²) in [5, 5.41) is 1.45. The van der Waals surface area contributed by atoms with Crippen LogP contribution in [0.2, 0.25) is 0 Å². The Hall–Kier alpha value is 0.360. The van der Waals surface area contributed by atoms with Gasteiger partial charge in [-0.3, -0.25) is 11.3 Å². The molecule has 3 N–H and O–H groups in total. The van der Waals surface area contributed by atoms with Crippen molar-refractivity contribution in [1.29, 1.82) is 0 Å². The van der Waals surface area contributed by atoms with Crippen LogP contribution in [0.4, 0.5) is 0 Å². The highest BCUT2D eigenvalue weighted by Crippen LogP contribution is 2.36. The van der Waals surface area contributed by atoms with Gasteiger partial charge in [-0.15, -0.1) is 6.58 Å². The fourth-order valence-electron chi connectivity index (χ4n) is 2.14. The molecule has 1 saturated heterocycles. The number of hydrogen-bond acceptors (Lipinski definition) is 4. The zero-order valence-corrected chi connectivity index (χ0v) is 11.8. The molecule has 0 spiro atoms. The minimum absolute atomic E-state index is 0.461. The van der Waals surface area contributed by atoms with Crippen molar-refractivity contribution >= 4 is 23.5 Å². The van der Waals surface area contributed by atoms with Crippen molar-refractivity contribution in [2.45, 2.75) is 49.1 Å². The summed E-state index contributed by atoms with van der Waals surface area (Å²) in [6, 6.07) is 0.461. The van der Waals surface area contributed by atoms with E-state index in [0.717, 1.165) is 18.1 Å². The van der Waals surface area contributed by atoms with Crippen molar-refractivity contribution in [3.63, 3.8) is 0 Å². The van der Waals surface area contributed by atoms with Crippen molar-refractivity contribution in [2.24, 2.45) is 5.84 Å². The molecule has 0 amide bonds. The van der Waals surface area contributed by atoms with Gasteiger partial charge in [-0.05, 0) is 25.7 Å². The van der Waals surface area contributed by atoms with Crippen molar-refractivity contribution < 1.29 is 0 Å². The van der Waals surface area contributed by atoms with E-state index in [1.165, 1.54) is 24.3 Å². The minimum Gasteiger partial charge on any atom is -0.271 e. The van der Waals surface area contributed by atoms with Crippen molar-refractivity contribution in [3.8, 4) is 0 Å². The molecule has 3 atom stereocenters. The third-order valence-electron chi connectivity index (χ3n) is 3.03. The molecule has 3 unspecified atom stereocenters. The van der Waals surface area contributed by atoms with E-state index in [0.29, 0.717) is 11.3 Å². The topological polar surface area (TPSA) is 38.0 Å². The summed E-state index contributed by atoms with van der Waals surface area (Å²) in [5.74, 6) is 8.27. The minimum atomic E-state index is 0.461. The average Bonchev–Trinajstić information content (AvgIpc) is 2.35. The van der Waals surface area contributed by atoms with Crippen LogP contribution in [0.3, 0.4) is 0 Å². The first-order valence-corrected chi connectivity index (χ1v) is 8.23. The van der Waals surface area contributed by atoms with E-state index in [9.17, 15) is 0 Å². The van der Waals surface area contributed by atoms with Gasteiger partial charge in [0.05, 0.1) is 0 Å². The molecule has 0 aliphatic carbocycles. The van der Waals surface area contributed by atoms with Crippen molar-refractivity contribution in [3.05, 3.63) is 12.7 Å². The molecule has 2 nitrogen and oxygen atoms in total. The third kappa shape index (κ3) is 4.32. The van der Waals surface area contributed by atoms with Gasteiger partial charge in [-0.2, -0.15) is 23.5 Å².